The van der Waals surface area contributed by atoms with Crippen molar-refractivity contribution in [2.75, 3.05) is 7.11 Å². The molecule has 4 heteroatoms. The molecule has 0 aliphatic heterocycles. The van der Waals surface area contributed by atoms with Crippen molar-refractivity contribution >= 4 is 11.8 Å². The number of benzene rings is 2. The van der Waals surface area contributed by atoms with Crippen LogP contribution in [-0.4, -0.2) is 24.0 Å². The summed E-state index contributed by atoms with van der Waals surface area (Å²) in [5.74, 6) is -0.674. The Morgan fingerprint density at radius 1 is 0.828 bits per heavy atom. The summed E-state index contributed by atoms with van der Waals surface area (Å²) < 4.78 is 5.73. The highest BCUT2D eigenvalue weighted by Crippen LogP contribution is 2.32. The second-order valence-corrected chi connectivity index (χ2v) is 8.05. The first-order valence-corrected chi connectivity index (χ1v) is 10.2. The molecule has 0 spiro atoms. The summed E-state index contributed by atoms with van der Waals surface area (Å²) in [6.07, 6.45) is 3.41. The lowest BCUT2D eigenvalue weighted by molar-refractivity contribution is -0.143. The molecular formula is C25H32O4. The Labute approximate surface area is 173 Å². The molecule has 0 aromatic heterocycles. The number of carbonyl (C=O) groups excluding carboxylic acids is 1. The highest BCUT2D eigenvalue weighted by Gasteiger charge is 2.34. The zero-order valence-corrected chi connectivity index (χ0v) is 17.7. The molecule has 156 valence electrons. The van der Waals surface area contributed by atoms with Crippen molar-refractivity contribution in [2.45, 2.75) is 63.4 Å². The van der Waals surface area contributed by atoms with Gasteiger partial charge in [-0.3, -0.25) is 9.59 Å². The van der Waals surface area contributed by atoms with Crippen molar-refractivity contribution in [3.8, 4) is 0 Å². The van der Waals surface area contributed by atoms with Gasteiger partial charge < -0.3 is 9.84 Å². The minimum atomic E-state index is -0.969. The quantitative estimate of drug-likeness (QED) is 0.514. The molecule has 2 aromatic carbocycles. The minimum Gasteiger partial charge on any atom is -0.481 e. The van der Waals surface area contributed by atoms with E-state index in [-0.39, 0.29) is 5.78 Å². The Balaban J connectivity index is 1.83. The monoisotopic (exact) mass is 396 g/mol. The van der Waals surface area contributed by atoms with E-state index in [1.165, 1.54) is 0 Å². The minimum absolute atomic E-state index is 0.178. The fourth-order valence-corrected chi connectivity index (χ4v) is 3.72. The van der Waals surface area contributed by atoms with Gasteiger partial charge in [-0.25, -0.2) is 0 Å². The molecule has 29 heavy (non-hydrogen) atoms. The predicted molar refractivity (Wildman–Crippen MR) is 115 cm³/mol. The summed E-state index contributed by atoms with van der Waals surface area (Å²) in [7, 11) is 1.70. The van der Waals surface area contributed by atoms with E-state index in [4.69, 9.17) is 4.74 Å². The normalized spacial score (nSPS) is 15.3. The van der Waals surface area contributed by atoms with Crippen LogP contribution in [0.15, 0.2) is 60.7 Å². The van der Waals surface area contributed by atoms with E-state index in [1.54, 1.807) is 14.0 Å². The van der Waals surface area contributed by atoms with Gasteiger partial charge in [0.25, 0.3) is 0 Å². The van der Waals surface area contributed by atoms with E-state index in [0.29, 0.717) is 25.7 Å². The van der Waals surface area contributed by atoms with E-state index in [9.17, 15) is 14.7 Å². The summed E-state index contributed by atoms with van der Waals surface area (Å²) in [6.45, 7) is 3.78. The SMILES string of the molecule is COC(C)(CCCC(=O)CCCC(C)(C(=O)O)c1ccccc1)c1ccccc1. The first-order chi connectivity index (χ1) is 13.8. The number of aliphatic carboxylic acids is 1. The molecule has 0 saturated heterocycles. The van der Waals surface area contributed by atoms with Gasteiger partial charge in [0.15, 0.2) is 0 Å². The Hall–Kier alpha value is -2.46. The standard InChI is InChI=1S/C25H32O4/c1-24(23(27)28,20-12-6-4-7-13-20)18-10-16-22(26)17-11-19-25(2,29-3)21-14-8-5-9-15-21/h4-9,12-15H,10-11,16-19H2,1-3H3,(H,27,28). The Morgan fingerprint density at radius 2 is 1.31 bits per heavy atom. The Morgan fingerprint density at radius 3 is 1.79 bits per heavy atom. The average molecular weight is 397 g/mol. The lowest BCUT2D eigenvalue weighted by atomic mass is 9.78. The van der Waals surface area contributed by atoms with Gasteiger partial charge in [0.2, 0.25) is 0 Å². The number of hydrogen-bond acceptors (Lipinski definition) is 3. The molecule has 0 fully saturated rings. The number of Topliss-reactive ketones (excluding diaryl/α,β-unsaturated/α-hetero) is 1. The summed E-state index contributed by atoms with van der Waals surface area (Å²) in [6, 6.07) is 19.3. The maximum absolute atomic E-state index is 12.4. The number of hydrogen-bond donors (Lipinski definition) is 1. The highest BCUT2D eigenvalue weighted by molar-refractivity contribution is 5.81. The summed E-state index contributed by atoms with van der Waals surface area (Å²) in [5.41, 5.74) is 0.508. The second-order valence-electron chi connectivity index (χ2n) is 8.05. The molecule has 0 bridgehead atoms. The first kappa shape index (κ1) is 22.8. The van der Waals surface area contributed by atoms with Crippen molar-refractivity contribution in [3.63, 3.8) is 0 Å². The van der Waals surface area contributed by atoms with Gasteiger partial charge in [-0.15, -0.1) is 0 Å². The van der Waals surface area contributed by atoms with Crippen molar-refractivity contribution in [1.29, 1.82) is 0 Å². The van der Waals surface area contributed by atoms with Gasteiger partial charge in [0, 0.05) is 20.0 Å². The third-order valence-corrected chi connectivity index (χ3v) is 5.96. The number of methoxy groups -OCH3 is 1. The molecule has 0 radical (unpaired) electrons. The molecule has 0 heterocycles. The average Bonchev–Trinajstić information content (AvgIpc) is 2.74. The van der Waals surface area contributed by atoms with E-state index in [2.05, 4.69) is 0 Å². The Kier molecular flexibility index (Phi) is 8.15. The molecule has 2 rings (SSSR count). The van der Waals surface area contributed by atoms with Crippen LogP contribution in [0, 0.1) is 0 Å². The van der Waals surface area contributed by atoms with Crippen LogP contribution in [0.2, 0.25) is 0 Å². The van der Waals surface area contributed by atoms with Crippen LogP contribution in [0.1, 0.15) is 63.5 Å². The maximum Gasteiger partial charge on any atom is 0.313 e. The number of rotatable bonds is 12. The molecular weight excluding hydrogens is 364 g/mol. The lowest BCUT2D eigenvalue weighted by Gasteiger charge is -2.28. The second kappa shape index (κ2) is 10.4. The smallest absolute Gasteiger partial charge is 0.313 e. The summed E-state index contributed by atoms with van der Waals surface area (Å²) >= 11 is 0. The van der Waals surface area contributed by atoms with Crippen molar-refractivity contribution < 1.29 is 19.4 Å². The number of carboxylic acids is 1. The van der Waals surface area contributed by atoms with Gasteiger partial charge in [0.05, 0.1) is 11.0 Å². The van der Waals surface area contributed by atoms with Gasteiger partial charge >= 0.3 is 5.97 Å². The number of carbonyl (C=O) groups is 2. The molecule has 2 atom stereocenters. The van der Waals surface area contributed by atoms with E-state index < -0.39 is 17.0 Å². The van der Waals surface area contributed by atoms with Crippen LogP contribution < -0.4 is 0 Å². The zero-order chi connectivity index (χ0) is 21.3. The molecule has 0 saturated carbocycles. The fourth-order valence-electron chi connectivity index (χ4n) is 3.72. The van der Waals surface area contributed by atoms with Crippen LogP contribution in [0.25, 0.3) is 0 Å². The van der Waals surface area contributed by atoms with Crippen LogP contribution in [-0.2, 0) is 25.3 Å². The maximum atomic E-state index is 12.4. The number of carboxylic acid groups (broad SMARTS) is 1. The van der Waals surface area contributed by atoms with Crippen molar-refractivity contribution in [3.05, 3.63) is 71.8 Å². The molecule has 0 amide bonds. The molecule has 2 aromatic rings. The number of ketones is 1. The molecule has 0 aliphatic rings. The topological polar surface area (TPSA) is 63.6 Å². The van der Waals surface area contributed by atoms with Gasteiger partial charge in [-0.05, 0) is 50.7 Å². The molecule has 0 aliphatic carbocycles. The van der Waals surface area contributed by atoms with Crippen LogP contribution in [0.3, 0.4) is 0 Å². The molecule has 4 nitrogen and oxygen atoms in total. The molecule has 2 unspecified atom stereocenters. The van der Waals surface area contributed by atoms with Crippen molar-refractivity contribution in [2.24, 2.45) is 0 Å². The Bertz CT molecular complexity index is 787. The van der Waals surface area contributed by atoms with Crippen LogP contribution >= 0.6 is 0 Å². The molecule has 1 N–H and O–H groups in total. The summed E-state index contributed by atoms with van der Waals surface area (Å²) in [4.78, 5) is 24.2. The van der Waals surface area contributed by atoms with E-state index >= 15 is 0 Å². The first-order valence-electron chi connectivity index (χ1n) is 10.2. The lowest BCUT2D eigenvalue weighted by Crippen LogP contribution is -2.32. The van der Waals surface area contributed by atoms with Gasteiger partial charge in [-0.1, -0.05) is 60.7 Å². The van der Waals surface area contributed by atoms with E-state index in [1.807, 2.05) is 67.6 Å². The predicted octanol–water partition coefficient (Wildman–Crippen LogP) is 5.50. The fraction of sp³-hybridized carbons (Fsp3) is 0.440. The summed E-state index contributed by atoms with van der Waals surface area (Å²) in [5, 5.41) is 9.72. The van der Waals surface area contributed by atoms with Crippen LogP contribution in [0.4, 0.5) is 0 Å². The largest absolute Gasteiger partial charge is 0.481 e. The van der Waals surface area contributed by atoms with Crippen LogP contribution in [0.5, 0.6) is 0 Å². The third-order valence-electron chi connectivity index (χ3n) is 5.96. The van der Waals surface area contributed by atoms with Gasteiger partial charge in [0.1, 0.15) is 5.78 Å². The number of ether oxygens (including phenoxy) is 1. The zero-order valence-electron chi connectivity index (χ0n) is 17.7. The van der Waals surface area contributed by atoms with Crippen molar-refractivity contribution in [1.82, 2.24) is 0 Å². The van der Waals surface area contributed by atoms with E-state index in [0.717, 1.165) is 24.0 Å². The third kappa shape index (κ3) is 6.01. The van der Waals surface area contributed by atoms with Gasteiger partial charge in [-0.2, -0.15) is 0 Å². The highest BCUT2D eigenvalue weighted by atomic mass is 16.5.